The molecule has 0 aliphatic heterocycles. The van der Waals surface area contributed by atoms with E-state index in [1.807, 2.05) is 39.0 Å². The molecule has 1 rings (SSSR count). The Kier molecular flexibility index (Phi) is 10.2. The maximum absolute atomic E-state index is 13.3. The molecule has 0 fully saturated rings. The van der Waals surface area contributed by atoms with Crippen LogP contribution in [0.5, 0.6) is 0 Å². The highest BCUT2D eigenvalue weighted by atomic mass is 16.6. The molecule has 0 heterocycles. The standard InChI is InChI=1S/C24H36N4O4/c1-8-9-17(3)26-21(29)20(19-12-10-16(2)11-13-19)28(15-14-25)22(30)18(4)27-23(31)32-24(5,6)7/h10-13,17-18,20H,8-9,15H2,1-7H3,(H,26,29)(H,27,31). The fraction of sp³-hybridized carbons (Fsp3) is 0.583. The number of carbonyl (C=O) groups excluding carboxylic acids is 3. The number of hydrogen-bond donors (Lipinski definition) is 2. The number of hydrogen-bond acceptors (Lipinski definition) is 5. The van der Waals surface area contributed by atoms with Gasteiger partial charge in [-0.15, -0.1) is 0 Å². The number of nitriles is 1. The first-order valence-corrected chi connectivity index (χ1v) is 10.9. The van der Waals surface area contributed by atoms with Gasteiger partial charge in [0.25, 0.3) is 0 Å². The number of carbonyl (C=O) groups is 3. The van der Waals surface area contributed by atoms with Crippen molar-refractivity contribution in [1.29, 1.82) is 5.26 Å². The van der Waals surface area contributed by atoms with E-state index in [-0.39, 0.29) is 18.5 Å². The van der Waals surface area contributed by atoms with Crippen LogP contribution in [0, 0.1) is 18.3 Å². The van der Waals surface area contributed by atoms with Gasteiger partial charge in [0.2, 0.25) is 11.8 Å². The third kappa shape index (κ3) is 8.58. The maximum atomic E-state index is 13.3. The monoisotopic (exact) mass is 444 g/mol. The molecule has 0 bridgehead atoms. The van der Waals surface area contributed by atoms with Gasteiger partial charge in [0, 0.05) is 6.04 Å². The van der Waals surface area contributed by atoms with Crippen molar-refractivity contribution < 1.29 is 19.1 Å². The van der Waals surface area contributed by atoms with Crippen molar-refractivity contribution in [2.24, 2.45) is 0 Å². The molecule has 2 N–H and O–H groups in total. The van der Waals surface area contributed by atoms with Crippen molar-refractivity contribution in [3.8, 4) is 6.07 Å². The van der Waals surface area contributed by atoms with Crippen molar-refractivity contribution in [1.82, 2.24) is 15.5 Å². The average Bonchev–Trinajstić information content (AvgIpc) is 2.67. The van der Waals surface area contributed by atoms with Crippen LogP contribution in [0.2, 0.25) is 0 Å². The highest BCUT2D eigenvalue weighted by Crippen LogP contribution is 2.23. The lowest BCUT2D eigenvalue weighted by atomic mass is 10.0. The zero-order valence-electron chi connectivity index (χ0n) is 20.2. The maximum Gasteiger partial charge on any atom is 0.408 e. The summed E-state index contributed by atoms with van der Waals surface area (Å²) in [5.74, 6) is -0.927. The van der Waals surface area contributed by atoms with Gasteiger partial charge < -0.3 is 20.3 Å². The van der Waals surface area contributed by atoms with E-state index in [1.165, 1.54) is 11.8 Å². The van der Waals surface area contributed by atoms with E-state index in [1.54, 1.807) is 32.9 Å². The van der Waals surface area contributed by atoms with Gasteiger partial charge in [-0.2, -0.15) is 5.26 Å². The predicted octanol–water partition coefficient (Wildman–Crippen LogP) is 3.61. The van der Waals surface area contributed by atoms with Gasteiger partial charge in [0.15, 0.2) is 0 Å². The third-order valence-electron chi connectivity index (χ3n) is 4.69. The zero-order valence-corrected chi connectivity index (χ0v) is 20.2. The number of rotatable bonds is 9. The van der Waals surface area contributed by atoms with E-state index in [0.29, 0.717) is 5.56 Å². The average molecular weight is 445 g/mol. The van der Waals surface area contributed by atoms with Crippen LogP contribution in [0.3, 0.4) is 0 Å². The largest absolute Gasteiger partial charge is 0.444 e. The molecule has 3 atom stereocenters. The Morgan fingerprint density at radius 1 is 1.12 bits per heavy atom. The molecule has 0 saturated carbocycles. The predicted molar refractivity (Wildman–Crippen MR) is 123 cm³/mol. The molecule has 3 unspecified atom stereocenters. The summed E-state index contributed by atoms with van der Waals surface area (Å²) in [6, 6.07) is 7.12. The molecule has 0 spiro atoms. The van der Waals surface area contributed by atoms with Crippen LogP contribution in [0.1, 0.15) is 71.6 Å². The number of aryl methyl sites for hydroxylation is 1. The Hall–Kier alpha value is -3.08. The number of ether oxygens (including phenoxy) is 1. The summed E-state index contributed by atoms with van der Waals surface area (Å²) in [4.78, 5) is 39.8. The van der Waals surface area contributed by atoms with Gasteiger partial charge in [-0.25, -0.2) is 4.79 Å². The summed E-state index contributed by atoms with van der Waals surface area (Å²) < 4.78 is 5.22. The number of nitrogens with one attached hydrogen (secondary N) is 2. The van der Waals surface area contributed by atoms with Gasteiger partial charge in [-0.05, 0) is 53.5 Å². The van der Waals surface area contributed by atoms with Gasteiger partial charge in [0.1, 0.15) is 24.2 Å². The highest BCUT2D eigenvalue weighted by Gasteiger charge is 2.35. The highest BCUT2D eigenvalue weighted by molar-refractivity contribution is 5.92. The van der Waals surface area contributed by atoms with Gasteiger partial charge in [0.05, 0.1) is 6.07 Å². The van der Waals surface area contributed by atoms with Crippen molar-refractivity contribution in [3.05, 3.63) is 35.4 Å². The topological polar surface area (TPSA) is 112 Å². The van der Waals surface area contributed by atoms with Crippen LogP contribution >= 0.6 is 0 Å². The quantitative estimate of drug-likeness (QED) is 0.565. The summed E-state index contributed by atoms with van der Waals surface area (Å²) >= 11 is 0. The molecular formula is C24H36N4O4. The number of alkyl carbamates (subject to hydrolysis) is 1. The lowest BCUT2D eigenvalue weighted by Crippen LogP contribution is -2.52. The lowest BCUT2D eigenvalue weighted by Gasteiger charge is -2.32. The molecule has 8 heteroatoms. The summed E-state index contributed by atoms with van der Waals surface area (Å²) in [7, 11) is 0. The molecule has 0 aliphatic carbocycles. The Labute approximate surface area is 191 Å². The first-order chi connectivity index (χ1) is 14.9. The molecule has 176 valence electrons. The van der Waals surface area contributed by atoms with Crippen molar-refractivity contribution >= 4 is 17.9 Å². The molecule has 0 aliphatic rings. The Morgan fingerprint density at radius 2 is 1.72 bits per heavy atom. The SMILES string of the molecule is CCCC(C)NC(=O)C(c1ccc(C)cc1)N(CC#N)C(=O)C(C)NC(=O)OC(C)(C)C. The first kappa shape index (κ1) is 27.0. The van der Waals surface area contributed by atoms with Crippen LogP contribution in [-0.2, 0) is 14.3 Å². The van der Waals surface area contributed by atoms with E-state index in [9.17, 15) is 19.6 Å². The molecule has 8 nitrogen and oxygen atoms in total. The lowest BCUT2D eigenvalue weighted by molar-refractivity contribution is -0.141. The molecule has 3 amide bonds. The second-order valence-electron chi connectivity index (χ2n) is 9.00. The van der Waals surface area contributed by atoms with Gasteiger partial charge >= 0.3 is 6.09 Å². The van der Waals surface area contributed by atoms with E-state index >= 15 is 0 Å². The number of benzene rings is 1. The smallest absolute Gasteiger partial charge is 0.408 e. The summed E-state index contributed by atoms with van der Waals surface area (Å²) in [5.41, 5.74) is 0.870. The molecule has 0 radical (unpaired) electrons. The summed E-state index contributed by atoms with van der Waals surface area (Å²) in [6.45, 7) is 12.2. The van der Waals surface area contributed by atoms with Crippen LogP contribution in [0.4, 0.5) is 4.79 Å². The van der Waals surface area contributed by atoms with Crippen molar-refractivity contribution in [2.75, 3.05) is 6.54 Å². The van der Waals surface area contributed by atoms with Crippen LogP contribution in [0.25, 0.3) is 0 Å². The van der Waals surface area contributed by atoms with E-state index in [2.05, 4.69) is 10.6 Å². The fourth-order valence-corrected chi connectivity index (χ4v) is 3.22. The second-order valence-corrected chi connectivity index (χ2v) is 9.00. The molecular weight excluding hydrogens is 408 g/mol. The minimum Gasteiger partial charge on any atom is -0.444 e. The van der Waals surface area contributed by atoms with Crippen LogP contribution < -0.4 is 10.6 Å². The van der Waals surface area contributed by atoms with Crippen molar-refractivity contribution in [3.63, 3.8) is 0 Å². The fourth-order valence-electron chi connectivity index (χ4n) is 3.22. The van der Waals surface area contributed by atoms with E-state index in [0.717, 1.165) is 18.4 Å². The Bertz CT molecular complexity index is 824. The van der Waals surface area contributed by atoms with E-state index < -0.39 is 29.7 Å². The Balaban J connectivity index is 3.23. The normalized spacial score (nSPS) is 13.8. The van der Waals surface area contributed by atoms with Crippen LogP contribution in [0.15, 0.2) is 24.3 Å². The van der Waals surface area contributed by atoms with E-state index in [4.69, 9.17) is 4.74 Å². The molecule has 0 saturated heterocycles. The molecule has 0 aromatic heterocycles. The minimum absolute atomic E-state index is 0.0863. The number of amides is 3. The summed E-state index contributed by atoms with van der Waals surface area (Å²) in [6.07, 6.45) is 0.937. The summed E-state index contributed by atoms with van der Waals surface area (Å²) in [5, 5.41) is 14.8. The van der Waals surface area contributed by atoms with Gasteiger partial charge in [-0.1, -0.05) is 43.2 Å². The third-order valence-corrected chi connectivity index (χ3v) is 4.69. The van der Waals surface area contributed by atoms with Crippen LogP contribution in [-0.4, -0.2) is 47.0 Å². The first-order valence-electron chi connectivity index (χ1n) is 10.9. The van der Waals surface area contributed by atoms with Gasteiger partial charge in [-0.3, -0.25) is 9.59 Å². The second kappa shape index (κ2) is 12.1. The minimum atomic E-state index is -1.01. The zero-order chi connectivity index (χ0) is 24.5. The number of nitrogens with zero attached hydrogens (tertiary/aromatic N) is 2. The molecule has 1 aromatic rings. The molecule has 1 aromatic carbocycles. The van der Waals surface area contributed by atoms with Crippen molar-refractivity contribution in [2.45, 2.75) is 85.0 Å². The Morgan fingerprint density at radius 3 is 2.22 bits per heavy atom. The molecule has 32 heavy (non-hydrogen) atoms.